The number of fused-ring (bicyclic) bond motifs is 5. The molecule has 0 aromatic carbocycles. The average molecular weight is 387 g/mol. The van der Waals surface area contributed by atoms with Crippen LogP contribution < -0.4 is 0 Å². The second-order valence-electron chi connectivity index (χ2n) is 11.3. The van der Waals surface area contributed by atoms with E-state index in [1.165, 1.54) is 24.8 Å². The lowest BCUT2D eigenvalue weighted by atomic mass is 9.45. The number of hydrogen-bond acceptors (Lipinski definition) is 3. The number of Topliss-reactive ketones (excluding diaryl/α,β-unsaturated/α-hetero) is 1. The molecule has 3 heteroatoms. The molecule has 1 aliphatic heterocycles. The highest BCUT2D eigenvalue weighted by Crippen LogP contribution is 2.67. The van der Waals surface area contributed by atoms with Gasteiger partial charge in [-0.1, -0.05) is 32.4 Å². The minimum atomic E-state index is -0.155. The van der Waals surface area contributed by atoms with Crippen molar-refractivity contribution in [3.63, 3.8) is 0 Å². The van der Waals surface area contributed by atoms with Gasteiger partial charge in [0.2, 0.25) is 0 Å². The first kappa shape index (κ1) is 19.3. The quantitative estimate of drug-likeness (QED) is 0.651. The molecule has 0 radical (unpaired) electrons. The van der Waals surface area contributed by atoms with Crippen LogP contribution in [-0.4, -0.2) is 29.7 Å². The third-order valence-corrected chi connectivity index (χ3v) is 9.91. The molecule has 1 heterocycles. The summed E-state index contributed by atoms with van der Waals surface area (Å²) in [7, 11) is 0. The molecule has 156 valence electrons. The van der Waals surface area contributed by atoms with Crippen LogP contribution in [0.25, 0.3) is 0 Å². The van der Waals surface area contributed by atoms with Crippen LogP contribution in [-0.2, 0) is 9.53 Å². The minimum absolute atomic E-state index is 0.115. The Labute approximate surface area is 170 Å². The van der Waals surface area contributed by atoms with Crippen LogP contribution in [0.5, 0.6) is 0 Å². The Bertz CT molecular complexity index is 677. The fraction of sp³-hybridized carbons (Fsp3) is 0.880. The fourth-order valence-corrected chi connectivity index (χ4v) is 8.49. The standard InChI is InChI=1S/C25H38O3/c1-15-12-16-13-17(26)7-9-24(16,2)18-8-10-25(3)19(22(15)18)14-20(27)23(25)21-6-4-5-11-28-21/h12,15,17-19,21-23,26H,4-11,13-14H2,1-3H3/t15?,17?,18-,19+,21?,22-,23?,24+,25+/m1/s1. The predicted octanol–water partition coefficient (Wildman–Crippen LogP) is 4.92. The zero-order valence-electron chi connectivity index (χ0n) is 18.0. The highest BCUT2D eigenvalue weighted by Gasteiger charge is 2.63. The van der Waals surface area contributed by atoms with Gasteiger partial charge in [0.1, 0.15) is 5.78 Å². The van der Waals surface area contributed by atoms with Crippen molar-refractivity contribution in [2.24, 2.45) is 40.4 Å². The Morgan fingerprint density at radius 1 is 1.07 bits per heavy atom. The Balaban J connectivity index is 1.49. The molecule has 4 aliphatic carbocycles. The van der Waals surface area contributed by atoms with E-state index in [2.05, 4.69) is 26.8 Å². The molecule has 4 unspecified atom stereocenters. The third-order valence-electron chi connectivity index (χ3n) is 9.91. The van der Waals surface area contributed by atoms with Gasteiger partial charge < -0.3 is 9.84 Å². The molecule has 1 N–H and O–H groups in total. The van der Waals surface area contributed by atoms with Gasteiger partial charge in [-0.3, -0.25) is 4.79 Å². The van der Waals surface area contributed by atoms with Gasteiger partial charge in [0.05, 0.1) is 12.2 Å². The first-order chi connectivity index (χ1) is 13.3. The number of aliphatic hydroxyl groups excluding tert-OH is 1. The van der Waals surface area contributed by atoms with Crippen molar-refractivity contribution in [3.05, 3.63) is 11.6 Å². The van der Waals surface area contributed by atoms with E-state index in [-0.39, 0.29) is 29.0 Å². The van der Waals surface area contributed by atoms with Crippen LogP contribution in [0, 0.1) is 40.4 Å². The average Bonchev–Trinajstić information content (AvgIpc) is 2.94. The molecular weight excluding hydrogens is 348 g/mol. The maximum absolute atomic E-state index is 13.3. The van der Waals surface area contributed by atoms with Crippen LogP contribution in [0.2, 0.25) is 0 Å². The lowest BCUT2D eigenvalue weighted by Gasteiger charge is -2.59. The largest absolute Gasteiger partial charge is 0.393 e. The van der Waals surface area contributed by atoms with Crippen molar-refractivity contribution in [1.82, 2.24) is 0 Å². The topological polar surface area (TPSA) is 46.5 Å². The van der Waals surface area contributed by atoms with E-state index in [1.807, 2.05) is 0 Å². The van der Waals surface area contributed by atoms with E-state index < -0.39 is 0 Å². The van der Waals surface area contributed by atoms with Crippen molar-refractivity contribution >= 4 is 5.78 Å². The second kappa shape index (κ2) is 6.67. The molecule has 9 atom stereocenters. The van der Waals surface area contributed by atoms with E-state index in [4.69, 9.17) is 4.74 Å². The molecule has 3 nitrogen and oxygen atoms in total. The SMILES string of the molecule is CC1C=C2CC(O)CC[C@]2(C)[C@@H]2CC[C@]3(C)C(C4CCCCO4)C(=O)C[C@H]3[C@H]12. The number of aliphatic hydroxyl groups is 1. The molecule has 0 amide bonds. The highest BCUT2D eigenvalue weighted by atomic mass is 16.5. The molecule has 3 saturated carbocycles. The summed E-state index contributed by atoms with van der Waals surface area (Å²) >= 11 is 0. The van der Waals surface area contributed by atoms with Crippen LogP contribution in [0.4, 0.5) is 0 Å². The van der Waals surface area contributed by atoms with E-state index in [1.54, 1.807) is 0 Å². The zero-order chi connectivity index (χ0) is 19.7. The van der Waals surface area contributed by atoms with E-state index in [9.17, 15) is 9.90 Å². The molecule has 5 aliphatic rings. The number of rotatable bonds is 1. The summed E-state index contributed by atoms with van der Waals surface area (Å²) < 4.78 is 6.17. The Hall–Kier alpha value is -0.670. The van der Waals surface area contributed by atoms with Crippen molar-refractivity contribution in [1.29, 1.82) is 0 Å². The smallest absolute Gasteiger partial charge is 0.139 e. The van der Waals surface area contributed by atoms with E-state index in [0.29, 0.717) is 29.5 Å². The molecule has 0 aromatic rings. The molecule has 0 spiro atoms. The molecule has 1 saturated heterocycles. The molecular formula is C25H38O3. The summed E-state index contributed by atoms with van der Waals surface area (Å²) in [5.41, 5.74) is 1.87. The van der Waals surface area contributed by atoms with Crippen LogP contribution in [0.3, 0.4) is 0 Å². The molecule has 4 fully saturated rings. The van der Waals surface area contributed by atoms with Crippen molar-refractivity contribution < 1.29 is 14.6 Å². The van der Waals surface area contributed by atoms with Crippen molar-refractivity contribution in [3.8, 4) is 0 Å². The number of carbonyl (C=O) groups excluding carboxylic acids is 1. The normalized spacial score (nSPS) is 53.8. The minimum Gasteiger partial charge on any atom is -0.393 e. The summed E-state index contributed by atoms with van der Waals surface area (Å²) in [6.45, 7) is 8.12. The Kier molecular flexibility index (Phi) is 4.60. The first-order valence-electron chi connectivity index (χ1n) is 11.9. The monoisotopic (exact) mass is 386 g/mol. The molecule has 5 rings (SSSR count). The van der Waals surface area contributed by atoms with Crippen molar-refractivity contribution in [2.75, 3.05) is 6.61 Å². The van der Waals surface area contributed by atoms with E-state index in [0.717, 1.165) is 45.1 Å². The van der Waals surface area contributed by atoms with Gasteiger partial charge in [-0.15, -0.1) is 0 Å². The van der Waals surface area contributed by atoms with Crippen molar-refractivity contribution in [2.45, 2.75) is 90.8 Å². The maximum Gasteiger partial charge on any atom is 0.139 e. The first-order valence-corrected chi connectivity index (χ1v) is 11.9. The van der Waals surface area contributed by atoms with Gasteiger partial charge in [0.15, 0.2) is 0 Å². The summed E-state index contributed by atoms with van der Waals surface area (Å²) in [6, 6.07) is 0. The third kappa shape index (κ3) is 2.64. The van der Waals surface area contributed by atoms with Crippen LogP contribution in [0.1, 0.15) is 78.6 Å². The number of hydrogen-bond donors (Lipinski definition) is 1. The summed E-state index contributed by atoms with van der Waals surface area (Å²) in [5.74, 6) is 2.92. The van der Waals surface area contributed by atoms with Crippen LogP contribution in [0.15, 0.2) is 11.6 Å². The summed E-state index contributed by atoms with van der Waals surface area (Å²) in [6.07, 6.45) is 12.0. The Morgan fingerprint density at radius 2 is 1.89 bits per heavy atom. The highest BCUT2D eigenvalue weighted by molar-refractivity contribution is 5.85. The van der Waals surface area contributed by atoms with Gasteiger partial charge in [-0.2, -0.15) is 0 Å². The number of ether oxygens (including phenoxy) is 1. The van der Waals surface area contributed by atoms with Gasteiger partial charge >= 0.3 is 0 Å². The zero-order valence-corrected chi connectivity index (χ0v) is 18.0. The number of carbonyl (C=O) groups is 1. The fourth-order valence-electron chi connectivity index (χ4n) is 8.49. The lowest BCUT2D eigenvalue weighted by Crippen LogP contribution is -2.53. The predicted molar refractivity (Wildman–Crippen MR) is 110 cm³/mol. The Morgan fingerprint density at radius 3 is 2.64 bits per heavy atom. The van der Waals surface area contributed by atoms with E-state index >= 15 is 0 Å². The second-order valence-corrected chi connectivity index (χ2v) is 11.3. The molecule has 0 bridgehead atoms. The number of ketones is 1. The molecule has 0 aromatic heterocycles. The van der Waals surface area contributed by atoms with Gasteiger partial charge in [-0.25, -0.2) is 0 Å². The van der Waals surface area contributed by atoms with Gasteiger partial charge in [0.25, 0.3) is 0 Å². The van der Waals surface area contributed by atoms with Crippen LogP contribution >= 0.6 is 0 Å². The summed E-state index contributed by atoms with van der Waals surface area (Å²) in [5, 5.41) is 10.3. The van der Waals surface area contributed by atoms with Gasteiger partial charge in [-0.05, 0) is 85.9 Å². The maximum atomic E-state index is 13.3. The molecule has 28 heavy (non-hydrogen) atoms. The lowest BCUT2D eigenvalue weighted by molar-refractivity contribution is -0.135. The van der Waals surface area contributed by atoms with Gasteiger partial charge in [0, 0.05) is 18.9 Å². The number of allylic oxidation sites excluding steroid dienone is 1. The summed E-state index contributed by atoms with van der Waals surface area (Å²) in [4.78, 5) is 13.3.